The molecular formula is C17H20FNO. The van der Waals surface area contributed by atoms with Crippen molar-refractivity contribution in [3.05, 3.63) is 71.5 Å². The Balaban J connectivity index is 1.68. The van der Waals surface area contributed by atoms with Gasteiger partial charge in [-0.3, -0.25) is 0 Å². The van der Waals surface area contributed by atoms with Gasteiger partial charge in [0, 0.05) is 18.7 Å². The van der Waals surface area contributed by atoms with Crippen molar-refractivity contribution in [1.82, 2.24) is 5.32 Å². The molecule has 2 N–H and O–H groups in total. The van der Waals surface area contributed by atoms with Crippen molar-refractivity contribution in [3.63, 3.8) is 0 Å². The summed E-state index contributed by atoms with van der Waals surface area (Å²) in [7, 11) is 0. The minimum absolute atomic E-state index is 0.209. The zero-order valence-electron chi connectivity index (χ0n) is 11.4. The number of rotatable bonds is 7. The van der Waals surface area contributed by atoms with Crippen molar-refractivity contribution >= 4 is 0 Å². The molecule has 1 atom stereocenters. The Morgan fingerprint density at radius 1 is 1.00 bits per heavy atom. The van der Waals surface area contributed by atoms with Crippen LogP contribution in [0.2, 0.25) is 0 Å². The van der Waals surface area contributed by atoms with E-state index in [9.17, 15) is 9.50 Å². The third-order valence-electron chi connectivity index (χ3n) is 3.26. The second kappa shape index (κ2) is 7.78. The van der Waals surface area contributed by atoms with Crippen molar-refractivity contribution in [3.8, 4) is 0 Å². The van der Waals surface area contributed by atoms with E-state index in [1.165, 1.54) is 11.6 Å². The maximum absolute atomic E-state index is 13.4. The number of aryl methyl sites for hydroxylation is 1. The van der Waals surface area contributed by atoms with Crippen LogP contribution in [0.5, 0.6) is 0 Å². The molecule has 0 aromatic heterocycles. The maximum Gasteiger partial charge on any atom is 0.127 e. The molecule has 0 heterocycles. The van der Waals surface area contributed by atoms with E-state index >= 15 is 0 Å². The lowest BCUT2D eigenvalue weighted by Gasteiger charge is -2.12. The van der Waals surface area contributed by atoms with E-state index in [1.54, 1.807) is 12.1 Å². The zero-order chi connectivity index (χ0) is 14.2. The predicted octanol–water partition coefficient (Wildman–Crippen LogP) is 2.91. The molecule has 20 heavy (non-hydrogen) atoms. The molecule has 3 heteroatoms. The summed E-state index contributed by atoms with van der Waals surface area (Å²) >= 11 is 0. The first-order valence-corrected chi connectivity index (χ1v) is 6.92. The lowest BCUT2D eigenvalue weighted by atomic mass is 10.1. The van der Waals surface area contributed by atoms with Gasteiger partial charge < -0.3 is 10.4 Å². The van der Waals surface area contributed by atoms with Crippen LogP contribution in [0.4, 0.5) is 4.39 Å². The summed E-state index contributed by atoms with van der Waals surface area (Å²) in [4.78, 5) is 0. The summed E-state index contributed by atoms with van der Waals surface area (Å²) in [5.41, 5.74) is 1.85. The lowest BCUT2D eigenvalue weighted by molar-refractivity contribution is 0.161. The predicted molar refractivity (Wildman–Crippen MR) is 78.9 cm³/mol. The van der Waals surface area contributed by atoms with E-state index in [0.29, 0.717) is 25.1 Å². The molecule has 2 nitrogen and oxygen atoms in total. The van der Waals surface area contributed by atoms with Gasteiger partial charge in [-0.2, -0.15) is 0 Å². The summed E-state index contributed by atoms with van der Waals surface area (Å²) in [6.45, 7) is 0.913. The van der Waals surface area contributed by atoms with Crippen molar-refractivity contribution in [2.24, 2.45) is 0 Å². The fraction of sp³-hybridized carbons (Fsp3) is 0.294. The van der Waals surface area contributed by atoms with Crippen molar-refractivity contribution in [1.29, 1.82) is 0 Å². The highest BCUT2D eigenvalue weighted by molar-refractivity contribution is 5.17. The molecule has 0 aliphatic carbocycles. The molecule has 0 bridgehead atoms. The molecule has 2 rings (SSSR count). The van der Waals surface area contributed by atoms with Crippen LogP contribution in [-0.4, -0.2) is 17.8 Å². The largest absolute Gasteiger partial charge is 0.392 e. The van der Waals surface area contributed by atoms with Crippen molar-refractivity contribution < 1.29 is 9.50 Å². The Kier molecular flexibility index (Phi) is 5.71. The van der Waals surface area contributed by atoms with Crippen LogP contribution in [0.1, 0.15) is 17.5 Å². The first-order valence-electron chi connectivity index (χ1n) is 6.92. The summed E-state index contributed by atoms with van der Waals surface area (Å²) in [6.07, 6.45) is 1.14. The minimum atomic E-state index is -0.415. The van der Waals surface area contributed by atoms with Gasteiger partial charge in [0.15, 0.2) is 0 Å². The number of halogens is 1. The van der Waals surface area contributed by atoms with Gasteiger partial charge in [0.05, 0.1) is 6.10 Å². The second-order valence-electron chi connectivity index (χ2n) is 4.90. The van der Waals surface area contributed by atoms with Crippen LogP contribution in [0.15, 0.2) is 54.6 Å². The van der Waals surface area contributed by atoms with Crippen LogP contribution < -0.4 is 5.32 Å². The number of benzene rings is 2. The highest BCUT2D eigenvalue weighted by atomic mass is 19.1. The SMILES string of the molecule is O[C@H](CCc1ccccc1)CNCc1ccccc1F. The Labute approximate surface area is 119 Å². The van der Waals surface area contributed by atoms with Crippen molar-refractivity contribution in [2.75, 3.05) is 6.54 Å². The smallest absolute Gasteiger partial charge is 0.127 e. The molecule has 0 radical (unpaired) electrons. The topological polar surface area (TPSA) is 32.3 Å². The van der Waals surface area contributed by atoms with Crippen LogP contribution >= 0.6 is 0 Å². The Bertz CT molecular complexity index is 515. The summed E-state index contributed by atoms with van der Waals surface area (Å²) < 4.78 is 13.4. The highest BCUT2D eigenvalue weighted by Crippen LogP contribution is 2.07. The molecule has 0 saturated carbocycles. The molecule has 0 saturated heterocycles. The lowest BCUT2D eigenvalue weighted by Crippen LogP contribution is -2.27. The number of hydrogen-bond donors (Lipinski definition) is 2. The van der Waals surface area contributed by atoms with E-state index in [2.05, 4.69) is 17.4 Å². The van der Waals surface area contributed by atoms with Crippen LogP contribution in [0.3, 0.4) is 0 Å². The number of hydrogen-bond acceptors (Lipinski definition) is 2. The van der Waals surface area contributed by atoms with E-state index < -0.39 is 6.10 Å². The average molecular weight is 273 g/mol. The van der Waals surface area contributed by atoms with Crippen LogP contribution in [0, 0.1) is 5.82 Å². The van der Waals surface area contributed by atoms with Gasteiger partial charge in [-0.25, -0.2) is 4.39 Å². The van der Waals surface area contributed by atoms with Gasteiger partial charge in [0.25, 0.3) is 0 Å². The normalized spacial score (nSPS) is 12.3. The molecule has 0 spiro atoms. The van der Waals surface area contributed by atoms with Crippen LogP contribution in [0.25, 0.3) is 0 Å². The van der Waals surface area contributed by atoms with Gasteiger partial charge in [0.1, 0.15) is 5.82 Å². The van der Waals surface area contributed by atoms with E-state index in [0.717, 1.165) is 6.42 Å². The maximum atomic E-state index is 13.4. The molecule has 0 aliphatic rings. The molecule has 0 aliphatic heterocycles. The third-order valence-corrected chi connectivity index (χ3v) is 3.26. The quantitative estimate of drug-likeness (QED) is 0.813. The Morgan fingerprint density at radius 3 is 2.45 bits per heavy atom. The summed E-state index contributed by atoms with van der Waals surface area (Å²) in [6, 6.07) is 16.8. The van der Waals surface area contributed by atoms with E-state index in [4.69, 9.17) is 0 Å². The molecule has 2 aromatic rings. The number of nitrogens with one attached hydrogen (secondary N) is 1. The molecular weight excluding hydrogens is 253 g/mol. The first kappa shape index (κ1) is 14.7. The van der Waals surface area contributed by atoms with Gasteiger partial charge in [-0.1, -0.05) is 48.5 Å². The first-order chi connectivity index (χ1) is 9.75. The molecule has 2 aromatic carbocycles. The average Bonchev–Trinajstić information content (AvgIpc) is 2.48. The molecule has 0 amide bonds. The molecule has 0 unspecified atom stereocenters. The molecule has 106 valence electrons. The van der Waals surface area contributed by atoms with E-state index in [-0.39, 0.29) is 5.82 Å². The van der Waals surface area contributed by atoms with E-state index in [1.807, 2.05) is 24.3 Å². The van der Waals surface area contributed by atoms with Gasteiger partial charge in [0.2, 0.25) is 0 Å². The van der Waals surface area contributed by atoms with Gasteiger partial charge >= 0.3 is 0 Å². The van der Waals surface area contributed by atoms with Crippen molar-refractivity contribution in [2.45, 2.75) is 25.5 Å². The summed E-state index contributed by atoms with van der Waals surface area (Å²) in [5.74, 6) is -0.209. The Hall–Kier alpha value is -1.71. The second-order valence-corrected chi connectivity index (χ2v) is 4.90. The standard InChI is InChI=1S/C17H20FNO/c18-17-9-5-4-8-15(17)12-19-13-16(20)11-10-14-6-2-1-3-7-14/h1-9,16,19-20H,10-13H2/t16-/m1/s1. The number of aliphatic hydroxyl groups is 1. The monoisotopic (exact) mass is 273 g/mol. The minimum Gasteiger partial charge on any atom is -0.392 e. The fourth-order valence-electron chi connectivity index (χ4n) is 2.10. The number of aliphatic hydroxyl groups excluding tert-OH is 1. The third kappa shape index (κ3) is 4.76. The fourth-order valence-corrected chi connectivity index (χ4v) is 2.10. The van der Waals surface area contributed by atoms with Crippen LogP contribution in [-0.2, 0) is 13.0 Å². The summed E-state index contributed by atoms with van der Waals surface area (Å²) in [5, 5.41) is 13.0. The zero-order valence-corrected chi connectivity index (χ0v) is 11.4. The van der Waals surface area contributed by atoms with Gasteiger partial charge in [-0.15, -0.1) is 0 Å². The highest BCUT2D eigenvalue weighted by Gasteiger charge is 2.05. The van der Waals surface area contributed by atoms with Gasteiger partial charge in [-0.05, 0) is 24.5 Å². The molecule has 0 fully saturated rings. The Morgan fingerprint density at radius 2 is 1.70 bits per heavy atom.